The van der Waals surface area contributed by atoms with Crippen LogP contribution in [0.15, 0.2) is 22.8 Å². The highest BCUT2D eigenvalue weighted by Crippen LogP contribution is 2.31. The van der Waals surface area contributed by atoms with E-state index in [0.29, 0.717) is 5.92 Å². The number of hydrogen-bond acceptors (Lipinski definition) is 0. The van der Waals surface area contributed by atoms with Crippen LogP contribution in [0.25, 0.3) is 0 Å². The Hall–Kier alpha value is 0.0600. The monoisotopic (exact) mass is 190 g/mol. The Bertz CT molecular complexity index is 204. The maximum atomic E-state index is 6.13. The highest BCUT2D eigenvalue weighted by molar-refractivity contribution is 6.33. The number of halogens is 2. The largest absolute Gasteiger partial charge is 0.117 e. The van der Waals surface area contributed by atoms with Crippen molar-refractivity contribution in [3.05, 3.63) is 22.8 Å². The minimum atomic E-state index is 0.0949. The van der Waals surface area contributed by atoms with Crippen LogP contribution in [-0.2, 0) is 0 Å². The Kier molecular flexibility index (Phi) is 3.03. The molecule has 0 spiro atoms. The molecule has 1 aliphatic rings. The molecule has 0 heterocycles. The summed E-state index contributed by atoms with van der Waals surface area (Å²) in [6.45, 7) is 4.19. The van der Waals surface area contributed by atoms with E-state index in [0.717, 1.165) is 11.5 Å². The number of rotatable bonds is 1. The van der Waals surface area contributed by atoms with Gasteiger partial charge in [-0.25, -0.2) is 0 Å². The second-order valence-corrected chi connectivity index (χ2v) is 3.72. The van der Waals surface area contributed by atoms with E-state index in [9.17, 15) is 0 Å². The molecule has 1 rings (SSSR count). The fourth-order valence-electron chi connectivity index (χ4n) is 1.25. The molecule has 1 aliphatic carbocycles. The van der Waals surface area contributed by atoms with Crippen LogP contribution in [0.4, 0.5) is 0 Å². The lowest BCUT2D eigenvalue weighted by Crippen LogP contribution is -2.15. The summed E-state index contributed by atoms with van der Waals surface area (Å²) < 4.78 is 0. The molecule has 0 saturated carbocycles. The predicted molar refractivity (Wildman–Crippen MR) is 51.1 cm³/mol. The summed E-state index contributed by atoms with van der Waals surface area (Å²) in [7, 11) is 0. The molecule has 0 aromatic rings. The molecule has 0 nitrogen and oxygen atoms in total. The third-order valence-electron chi connectivity index (χ3n) is 2.03. The van der Waals surface area contributed by atoms with Crippen molar-refractivity contribution >= 4 is 23.2 Å². The van der Waals surface area contributed by atoms with Crippen LogP contribution in [0.5, 0.6) is 0 Å². The number of alkyl halides is 1. The SMILES string of the molecule is CCC1=C(Cl)C=CC(C)C1Cl. The molecule has 0 bridgehead atoms. The summed E-state index contributed by atoms with van der Waals surface area (Å²) in [5.41, 5.74) is 1.17. The van der Waals surface area contributed by atoms with Gasteiger partial charge in [0, 0.05) is 5.03 Å². The Morgan fingerprint density at radius 1 is 1.55 bits per heavy atom. The maximum absolute atomic E-state index is 6.13. The van der Waals surface area contributed by atoms with Crippen LogP contribution in [0.1, 0.15) is 20.3 Å². The molecule has 2 heteroatoms. The van der Waals surface area contributed by atoms with Gasteiger partial charge in [0.25, 0.3) is 0 Å². The van der Waals surface area contributed by atoms with Gasteiger partial charge in [-0.15, -0.1) is 11.6 Å². The van der Waals surface area contributed by atoms with Crippen molar-refractivity contribution in [3.63, 3.8) is 0 Å². The molecule has 0 saturated heterocycles. The average Bonchev–Trinajstić information content (AvgIpc) is 1.99. The maximum Gasteiger partial charge on any atom is 0.0622 e. The highest BCUT2D eigenvalue weighted by atomic mass is 35.5. The van der Waals surface area contributed by atoms with Crippen LogP contribution < -0.4 is 0 Å². The van der Waals surface area contributed by atoms with Crippen molar-refractivity contribution < 1.29 is 0 Å². The molecule has 0 fully saturated rings. The topological polar surface area (TPSA) is 0 Å². The van der Waals surface area contributed by atoms with Gasteiger partial charge in [0.2, 0.25) is 0 Å². The minimum absolute atomic E-state index is 0.0949. The minimum Gasteiger partial charge on any atom is -0.117 e. The second kappa shape index (κ2) is 3.64. The summed E-state index contributed by atoms with van der Waals surface area (Å²) in [6, 6.07) is 0. The fraction of sp³-hybridized carbons (Fsp3) is 0.556. The first-order valence-electron chi connectivity index (χ1n) is 3.87. The third kappa shape index (κ3) is 1.80. The molecule has 0 radical (unpaired) electrons. The summed E-state index contributed by atoms with van der Waals surface area (Å²) >= 11 is 12.1. The molecule has 62 valence electrons. The van der Waals surface area contributed by atoms with Crippen molar-refractivity contribution in [2.45, 2.75) is 25.6 Å². The van der Waals surface area contributed by atoms with Gasteiger partial charge in [-0.1, -0.05) is 31.5 Å². The normalized spacial score (nSPS) is 31.3. The lowest BCUT2D eigenvalue weighted by molar-refractivity contribution is 0.695. The lowest BCUT2D eigenvalue weighted by atomic mass is 9.94. The van der Waals surface area contributed by atoms with E-state index in [2.05, 4.69) is 19.9 Å². The Morgan fingerprint density at radius 3 is 2.64 bits per heavy atom. The van der Waals surface area contributed by atoms with E-state index in [1.807, 2.05) is 6.08 Å². The van der Waals surface area contributed by atoms with E-state index in [1.165, 1.54) is 5.57 Å². The quantitative estimate of drug-likeness (QED) is 0.554. The zero-order valence-electron chi connectivity index (χ0n) is 6.77. The molecule has 0 aliphatic heterocycles. The molecule has 0 N–H and O–H groups in total. The fourth-order valence-corrected chi connectivity index (χ4v) is 1.99. The predicted octanol–water partition coefficient (Wildman–Crippen LogP) is 3.70. The summed E-state index contributed by atoms with van der Waals surface area (Å²) in [5, 5.41) is 0.920. The molecule has 2 atom stereocenters. The first-order valence-corrected chi connectivity index (χ1v) is 4.69. The van der Waals surface area contributed by atoms with E-state index < -0.39 is 0 Å². The van der Waals surface area contributed by atoms with Crippen LogP contribution in [0.3, 0.4) is 0 Å². The van der Waals surface area contributed by atoms with Gasteiger partial charge in [-0.05, 0) is 24.0 Å². The first-order chi connectivity index (χ1) is 5.16. The van der Waals surface area contributed by atoms with Crippen molar-refractivity contribution in [2.75, 3.05) is 0 Å². The third-order valence-corrected chi connectivity index (χ3v) is 3.06. The van der Waals surface area contributed by atoms with Crippen molar-refractivity contribution in [1.82, 2.24) is 0 Å². The summed E-state index contributed by atoms with van der Waals surface area (Å²) in [4.78, 5) is 0. The smallest absolute Gasteiger partial charge is 0.0622 e. The van der Waals surface area contributed by atoms with E-state index in [-0.39, 0.29) is 5.38 Å². The van der Waals surface area contributed by atoms with Gasteiger partial charge < -0.3 is 0 Å². The lowest BCUT2D eigenvalue weighted by Gasteiger charge is -2.22. The Morgan fingerprint density at radius 2 is 2.18 bits per heavy atom. The number of allylic oxidation sites excluding steroid dienone is 4. The van der Waals surface area contributed by atoms with Gasteiger partial charge in [0.1, 0.15) is 0 Å². The van der Waals surface area contributed by atoms with Gasteiger partial charge in [-0.3, -0.25) is 0 Å². The number of hydrogen-bond donors (Lipinski definition) is 0. The van der Waals surface area contributed by atoms with Crippen molar-refractivity contribution in [2.24, 2.45) is 5.92 Å². The summed E-state index contributed by atoms with van der Waals surface area (Å²) in [6.07, 6.45) is 4.95. The van der Waals surface area contributed by atoms with Crippen LogP contribution in [0, 0.1) is 5.92 Å². The van der Waals surface area contributed by atoms with Crippen molar-refractivity contribution in [3.8, 4) is 0 Å². The molecule has 0 aromatic heterocycles. The zero-order valence-corrected chi connectivity index (χ0v) is 8.28. The standard InChI is InChI=1S/C9H12Cl2/c1-3-7-8(10)5-4-6(2)9(7)11/h4-6,9H,3H2,1-2H3. The molecular formula is C9H12Cl2. The van der Waals surface area contributed by atoms with E-state index >= 15 is 0 Å². The van der Waals surface area contributed by atoms with Crippen LogP contribution in [0.2, 0.25) is 0 Å². The van der Waals surface area contributed by atoms with Gasteiger partial charge in [-0.2, -0.15) is 0 Å². The summed E-state index contributed by atoms with van der Waals surface area (Å²) in [5.74, 6) is 0.411. The van der Waals surface area contributed by atoms with E-state index in [1.54, 1.807) is 0 Å². The molecule has 11 heavy (non-hydrogen) atoms. The van der Waals surface area contributed by atoms with Gasteiger partial charge in [0.05, 0.1) is 5.38 Å². The molecule has 0 aromatic carbocycles. The average molecular weight is 191 g/mol. The molecular weight excluding hydrogens is 179 g/mol. The second-order valence-electron chi connectivity index (χ2n) is 2.85. The Labute approximate surface area is 77.9 Å². The van der Waals surface area contributed by atoms with Crippen LogP contribution in [-0.4, -0.2) is 5.38 Å². The highest BCUT2D eigenvalue weighted by Gasteiger charge is 2.21. The van der Waals surface area contributed by atoms with Crippen molar-refractivity contribution in [1.29, 1.82) is 0 Å². The first kappa shape index (κ1) is 9.15. The van der Waals surface area contributed by atoms with Gasteiger partial charge >= 0.3 is 0 Å². The van der Waals surface area contributed by atoms with Gasteiger partial charge in [0.15, 0.2) is 0 Å². The molecule has 0 amide bonds. The van der Waals surface area contributed by atoms with E-state index in [4.69, 9.17) is 23.2 Å². The van der Waals surface area contributed by atoms with Crippen LogP contribution >= 0.6 is 23.2 Å². The Balaban J connectivity index is 2.89. The zero-order chi connectivity index (χ0) is 8.43. The molecule has 2 unspecified atom stereocenters.